The van der Waals surface area contributed by atoms with Crippen molar-refractivity contribution in [3.63, 3.8) is 0 Å². The van der Waals surface area contributed by atoms with Gasteiger partial charge in [-0.1, -0.05) is 29.8 Å². The van der Waals surface area contributed by atoms with Crippen LogP contribution in [0.5, 0.6) is 5.75 Å². The van der Waals surface area contributed by atoms with Crippen molar-refractivity contribution in [2.24, 2.45) is 0 Å². The monoisotopic (exact) mass is 459 g/mol. The van der Waals surface area contributed by atoms with E-state index in [1.165, 1.54) is 11.1 Å². The molecule has 6 nitrogen and oxygen atoms in total. The fraction of sp³-hybridized carbons (Fsp3) is 0.192. The van der Waals surface area contributed by atoms with Crippen LogP contribution >= 0.6 is 12.2 Å². The number of carbonyl (C=O) groups is 1. The van der Waals surface area contributed by atoms with Gasteiger partial charge >= 0.3 is 0 Å². The molecule has 1 amide bonds. The van der Waals surface area contributed by atoms with Crippen molar-refractivity contribution in [1.82, 2.24) is 10.3 Å². The molecule has 0 fully saturated rings. The number of hydrogen-bond donors (Lipinski definition) is 2. The van der Waals surface area contributed by atoms with Crippen LogP contribution in [0, 0.1) is 20.8 Å². The third-order valence-electron chi connectivity index (χ3n) is 5.26. The van der Waals surface area contributed by atoms with E-state index in [0.717, 1.165) is 27.9 Å². The number of ether oxygens (including phenoxy) is 1. The van der Waals surface area contributed by atoms with E-state index in [0.29, 0.717) is 18.1 Å². The second-order valence-corrected chi connectivity index (χ2v) is 8.40. The number of aromatic nitrogens is 1. The van der Waals surface area contributed by atoms with Crippen LogP contribution in [0.4, 0.5) is 5.69 Å². The molecule has 168 valence electrons. The molecule has 0 radical (unpaired) electrons. The number of amides is 1. The van der Waals surface area contributed by atoms with Gasteiger partial charge in [-0.3, -0.25) is 10.1 Å². The third kappa shape index (κ3) is 5.96. The first-order valence-electron chi connectivity index (χ1n) is 10.6. The van der Waals surface area contributed by atoms with Crippen LogP contribution in [-0.4, -0.2) is 22.6 Å². The van der Waals surface area contributed by atoms with Gasteiger partial charge in [0, 0.05) is 12.1 Å². The van der Waals surface area contributed by atoms with Gasteiger partial charge in [-0.25, -0.2) is 4.98 Å². The number of nitrogens with zero attached hydrogens (tertiary/aromatic N) is 1. The average molecular weight is 460 g/mol. The maximum absolute atomic E-state index is 12.1. The summed E-state index contributed by atoms with van der Waals surface area (Å²) < 4.78 is 11.4. The number of hydrogen-bond acceptors (Lipinski definition) is 5. The highest BCUT2D eigenvalue weighted by Crippen LogP contribution is 2.22. The molecule has 1 aromatic heterocycles. The summed E-state index contributed by atoms with van der Waals surface area (Å²) in [6, 6.07) is 19.3. The van der Waals surface area contributed by atoms with Crippen LogP contribution in [0.1, 0.15) is 28.1 Å². The van der Waals surface area contributed by atoms with Gasteiger partial charge in [-0.15, -0.1) is 0 Å². The highest BCUT2D eigenvalue weighted by atomic mass is 32.1. The number of carbonyl (C=O) groups excluding carboxylic acids is 1. The van der Waals surface area contributed by atoms with Crippen molar-refractivity contribution in [3.8, 4) is 5.75 Å². The zero-order valence-electron chi connectivity index (χ0n) is 18.8. The molecule has 0 atom stereocenters. The highest BCUT2D eigenvalue weighted by Gasteiger charge is 2.10. The Morgan fingerprint density at radius 1 is 1.00 bits per heavy atom. The van der Waals surface area contributed by atoms with Crippen molar-refractivity contribution in [2.45, 2.75) is 27.2 Å². The van der Waals surface area contributed by atoms with Gasteiger partial charge in [0.05, 0.1) is 0 Å². The van der Waals surface area contributed by atoms with E-state index in [1.807, 2.05) is 67.6 Å². The Kier molecular flexibility index (Phi) is 6.70. The molecule has 0 aliphatic rings. The molecule has 7 heteroatoms. The van der Waals surface area contributed by atoms with E-state index in [9.17, 15) is 4.79 Å². The number of fused-ring (bicyclic) bond motifs is 1. The molecular formula is C26H25N3O3S. The van der Waals surface area contributed by atoms with Gasteiger partial charge < -0.3 is 14.5 Å². The zero-order valence-corrected chi connectivity index (χ0v) is 19.6. The quantitative estimate of drug-likeness (QED) is 0.384. The van der Waals surface area contributed by atoms with E-state index in [1.54, 1.807) is 0 Å². The number of nitrogens with one attached hydrogen (secondary N) is 2. The Morgan fingerprint density at radius 2 is 1.70 bits per heavy atom. The van der Waals surface area contributed by atoms with Crippen LogP contribution < -0.4 is 15.4 Å². The maximum atomic E-state index is 12.1. The van der Waals surface area contributed by atoms with Gasteiger partial charge in [0.1, 0.15) is 11.3 Å². The number of benzene rings is 3. The van der Waals surface area contributed by atoms with Gasteiger partial charge in [0.25, 0.3) is 5.91 Å². The van der Waals surface area contributed by atoms with Crippen LogP contribution in [0.3, 0.4) is 0 Å². The van der Waals surface area contributed by atoms with E-state index < -0.39 is 0 Å². The van der Waals surface area contributed by atoms with Crippen LogP contribution in [-0.2, 0) is 11.2 Å². The number of oxazole rings is 1. The summed E-state index contributed by atoms with van der Waals surface area (Å²) in [5, 5.41) is 5.84. The second kappa shape index (κ2) is 9.83. The molecule has 0 aliphatic carbocycles. The topological polar surface area (TPSA) is 76.4 Å². The maximum Gasteiger partial charge on any atom is 0.264 e. The molecule has 4 aromatic rings. The molecule has 0 unspecified atom stereocenters. The molecule has 0 saturated heterocycles. The van der Waals surface area contributed by atoms with Crippen LogP contribution in [0.2, 0.25) is 0 Å². The first-order valence-corrected chi connectivity index (χ1v) is 11.0. The summed E-state index contributed by atoms with van der Waals surface area (Å²) in [4.78, 5) is 16.7. The Morgan fingerprint density at radius 3 is 2.42 bits per heavy atom. The van der Waals surface area contributed by atoms with Crippen molar-refractivity contribution < 1.29 is 13.9 Å². The van der Waals surface area contributed by atoms with E-state index in [-0.39, 0.29) is 17.6 Å². The summed E-state index contributed by atoms with van der Waals surface area (Å²) in [7, 11) is 0. The lowest BCUT2D eigenvalue weighted by Gasteiger charge is -2.11. The minimum atomic E-state index is -0.328. The molecule has 0 saturated carbocycles. The zero-order chi connectivity index (χ0) is 23.4. The van der Waals surface area contributed by atoms with Gasteiger partial charge in [-0.2, -0.15) is 0 Å². The predicted molar refractivity (Wildman–Crippen MR) is 134 cm³/mol. The second-order valence-electron chi connectivity index (χ2n) is 7.99. The normalized spacial score (nSPS) is 10.8. The first-order chi connectivity index (χ1) is 15.9. The number of thiocarbonyl (C=S) groups is 1. The third-order valence-corrected chi connectivity index (χ3v) is 5.46. The van der Waals surface area contributed by atoms with E-state index in [4.69, 9.17) is 21.4 Å². The van der Waals surface area contributed by atoms with Crippen molar-refractivity contribution in [3.05, 3.63) is 88.8 Å². The van der Waals surface area contributed by atoms with E-state index in [2.05, 4.69) is 29.5 Å². The molecular weight excluding hydrogens is 434 g/mol. The van der Waals surface area contributed by atoms with Crippen LogP contribution in [0.25, 0.3) is 11.1 Å². The minimum absolute atomic E-state index is 0.118. The van der Waals surface area contributed by atoms with Crippen molar-refractivity contribution >= 4 is 40.0 Å². The summed E-state index contributed by atoms with van der Waals surface area (Å²) in [6.07, 6.45) is 0.588. The molecule has 0 bridgehead atoms. The van der Waals surface area contributed by atoms with Crippen LogP contribution in [0.15, 0.2) is 65.1 Å². The van der Waals surface area contributed by atoms with Crippen molar-refractivity contribution in [1.29, 1.82) is 0 Å². The molecule has 0 aliphatic heterocycles. The summed E-state index contributed by atoms with van der Waals surface area (Å²) in [6.45, 7) is 6.00. The largest absolute Gasteiger partial charge is 0.484 e. The van der Waals surface area contributed by atoms with E-state index >= 15 is 0 Å². The van der Waals surface area contributed by atoms with Crippen molar-refractivity contribution in [2.75, 3.05) is 11.9 Å². The molecule has 4 rings (SSSR count). The summed E-state index contributed by atoms with van der Waals surface area (Å²) >= 11 is 5.23. The lowest BCUT2D eigenvalue weighted by atomic mass is 10.1. The number of rotatable bonds is 6. The first kappa shape index (κ1) is 22.5. The Hall–Kier alpha value is -3.71. The fourth-order valence-corrected chi connectivity index (χ4v) is 3.52. The fourth-order valence-electron chi connectivity index (χ4n) is 3.29. The Bertz CT molecular complexity index is 1260. The summed E-state index contributed by atoms with van der Waals surface area (Å²) in [5.41, 5.74) is 7.02. The summed E-state index contributed by atoms with van der Waals surface area (Å²) in [5.74, 6) is 0.979. The SMILES string of the molecule is Cc1ccc(OCC(=O)NC(=S)Nc2ccc(Cc3nc4cc(C)c(C)cc4o3)cc2)cc1. The Labute approximate surface area is 198 Å². The molecule has 2 N–H and O–H groups in total. The number of anilines is 1. The standard InChI is InChI=1S/C26H25N3O3S/c1-16-4-10-21(11-5-16)31-15-24(30)29-26(33)27-20-8-6-19(7-9-20)14-25-28-22-12-17(2)18(3)13-23(22)32-25/h4-13H,14-15H2,1-3H3,(H2,27,29,30,33). The van der Waals surface area contributed by atoms with Gasteiger partial charge in [0.15, 0.2) is 23.2 Å². The highest BCUT2D eigenvalue weighted by molar-refractivity contribution is 7.80. The molecule has 1 heterocycles. The number of aryl methyl sites for hydroxylation is 3. The minimum Gasteiger partial charge on any atom is -0.484 e. The lowest BCUT2D eigenvalue weighted by molar-refractivity contribution is -0.121. The molecule has 3 aromatic carbocycles. The Balaban J connectivity index is 1.28. The molecule has 33 heavy (non-hydrogen) atoms. The predicted octanol–water partition coefficient (Wildman–Crippen LogP) is 5.24. The van der Waals surface area contributed by atoms with Gasteiger partial charge in [-0.05, 0) is 86.1 Å². The smallest absolute Gasteiger partial charge is 0.264 e. The molecule has 0 spiro atoms. The lowest BCUT2D eigenvalue weighted by Crippen LogP contribution is -2.37. The average Bonchev–Trinajstić information content (AvgIpc) is 3.15. The van der Waals surface area contributed by atoms with Gasteiger partial charge in [0.2, 0.25) is 0 Å².